The molecule has 0 aromatic carbocycles. The van der Waals surface area contributed by atoms with Gasteiger partial charge in [0, 0.05) is 38.0 Å². The number of likely N-dealkylation sites (N-methyl/N-ethyl adjacent to an activating group) is 2. The van der Waals surface area contributed by atoms with E-state index in [0.717, 1.165) is 45.2 Å². The fraction of sp³-hybridized carbons (Fsp3) is 0.960. The predicted octanol–water partition coefficient (Wildman–Crippen LogP) is 3.02. The minimum Gasteiger partial charge on any atom is -0.338 e. The molecule has 8 unspecified atom stereocenters. The summed E-state index contributed by atoms with van der Waals surface area (Å²) in [7, 11) is 3.81. The standard InChI is InChI=1S/C25H43ClF3N7/c1-14-5-4-6-17(26)20(14)21-31-11-18-23(33-21)36(24(30)35(18)3)12-15-7-9-16(10-8-15)22-32-19(13-34(22)2)25(27,28)29/h14-23,30-33H,4-13H2,1-3H3. The molecule has 3 saturated heterocycles. The first-order chi connectivity index (χ1) is 17.0. The summed E-state index contributed by atoms with van der Waals surface area (Å²) in [5, 5.41) is 19.4. The van der Waals surface area contributed by atoms with Crippen LogP contribution < -0.4 is 16.0 Å². The molecule has 5 aliphatic rings. The number of hydrogen-bond acceptors (Lipinski definition) is 5. The van der Waals surface area contributed by atoms with Gasteiger partial charge in [0.05, 0.1) is 18.4 Å². The molecule has 3 heterocycles. The Labute approximate surface area is 218 Å². The minimum absolute atomic E-state index is 0.0259. The Bertz CT molecular complexity index is 782. The number of guanidine groups is 1. The molecule has 0 aromatic heterocycles. The van der Waals surface area contributed by atoms with Gasteiger partial charge in [-0.3, -0.25) is 26.3 Å². The zero-order chi connectivity index (χ0) is 25.8. The first-order valence-electron chi connectivity index (χ1n) is 13.8. The summed E-state index contributed by atoms with van der Waals surface area (Å²) in [5.74, 6) is 2.18. The van der Waals surface area contributed by atoms with Crippen molar-refractivity contribution in [1.82, 2.24) is 30.7 Å². The van der Waals surface area contributed by atoms with Crippen LogP contribution >= 0.6 is 11.6 Å². The molecule has 3 aliphatic heterocycles. The molecule has 0 aromatic rings. The molecule has 8 atom stereocenters. The van der Waals surface area contributed by atoms with E-state index in [2.05, 4.69) is 32.7 Å². The fourth-order valence-corrected chi connectivity index (χ4v) is 8.21. The molecule has 2 saturated carbocycles. The maximum atomic E-state index is 13.2. The van der Waals surface area contributed by atoms with E-state index in [1.165, 1.54) is 12.8 Å². The number of fused-ring (bicyclic) bond motifs is 1. The minimum atomic E-state index is -4.20. The van der Waals surface area contributed by atoms with Gasteiger partial charge in [-0.1, -0.05) is 19.8 Å². The molecular formula is C25H43ClF3N7. The third kappa shape index (κ3) is 5.09. The van der Waals surface area contributed by atoms with Crippen molar-refractivity contribution in [1.29, 1.82) is 5.41 Å². The van der Waals surface area contributed by atoms with Crippen LogP contribution in [-0.4, -0.2) is 96.5 Å². The highest BCUT2D eigenvalue weighted by Gasteiger charge is 2.50. The van der Waals surface area contributed by atoms with Crippen molar-refractivity contribution in [2.75, 3.05) is 33.7 Å². The third-order valence-electron chi connectivity index (χ3n) is 9.81. The number of rotatable bonds is 4. The number of hydrogen-bond donors (Lipinski definition) is 4. The van der Waals surface area contributed by atoms with E-state index in [4.69, 9.17) is 17.0 Å². The Morgan fingerprint density at radius 1 is 1.03 bits per heavy atom. The molecule has 5 fully saturated rings. The largest absolute Gasteiger partial charge is 0.405 e. The van der Waals surface area contributed by atoms with Crippen LogP contribution in [0.1, 0.15) is 51.9 Å². The zero-order valence-corrected chi connectivity index (χ0v) is 22.5. The van der Waals surface area contributed by atoms with Crippen molar-refractivity contribution < 1.29 is 13.2 Å². The average molecular weight is 534 g/mol. The number of halogens is 4. The smallest absolute Gasteiger partial charge is 0.338 e. The van der Waals surface area contributed by atoms with E-state index >= 15 is 0 Å². The molecule has 0 amide bonds. The summed E-state index contributed by atoms with van der Waals surface area (Å²) in [4.78, 5) is 6.15. The molecule has 0 radical (unpaired) electrons. The molecule has 7 nitrogen and oxygen atoms in total. The Morgan fingerprint density at radius 3 is 2.39 bits per heavy atom. The van der Waals surface area contributed by atoms with Crippen LogP contribution in [0.15, 0.2) is 0 Å². The first-order valence-corrected chi connectivity index (χ1v) is 14.2. The summed E-state index contributed by atoms with van der Waals surface area (Å²) >= 11 is 6.80. The molecule has 11 heteroatoms. The molecule has 0 spiro atoms. The molecule has 36 heavy (non-hydrogen) atoms. The molecular weight excluding hydrogens is 491 g/mol. The monoisotopic (exact) mass is 533 g/mol. The van der Waals surface area contributed by atoms with Gasteiger partial charge >= 0.3 is 6.18 Å². The third-order valence-corrected chi connectivity index (χ3v) is 10.3. The van der Waals surface area contributed by atoms with Gasteiger partial charge in [0.2, 0.25) is 0 Å². The van der Waals surface area contributed by atoms with Crippen molar-refractivity contribution in [3.63, 3.8) is 0 Å². The molecule has 5 rings (SSSR count). The fourth-order valence-electron chi connectivity index (χ4n) is 7.66. The van der Waals surface area contributed by atoms with Crippen molar-refractivity contribution in [3.8, 4) is 0 Å². The quantitative estimate of drug-likeness (QED) is 0.417. The summed E-state index contributed by atoms with van der Waals surface area (Å²) in [6.07, 6.45) is 3.11. The summed E-state index contributed by atoms with van der Waals surface area (Å²) in [6, 6.07) is -1.23. The Kier molecular flexibility index (Phi) is 7.73. The highest BCUT2D eigenvalue weighted by molar-refractivity contribution is 6.20. The lowest BCUT2D eigenvalue weighted by atomic mass is 9.77. The van der Waals surface area contributed by atoms with E-state index in [0.29, 0.717) is 23.7 Å². The lowest BCUT2D eigenvalue weighted by Gasteiger charge is -2.46. The van der Waals surface area contributed by atoms with Gasteiger partial charge in [-0.15, -0.1) is 11.6 Å². The lowest BCUT2D eigenvalue weighted by molar-refractivity contribution is -0.150. The predicted molar refractivity (Wildman–Crippen MR) is 136 cm³/mol. The van der Waals surface area contributed by atoms with E-state index in [1.807, 2.05) is 11.9 Å². The van der Waals surface area contributed by atoms with Crippen LogP contribution in [0.4, 0.5) is 13.2 Å². The van der Waals surface area contributed by atoms with Crippen LogP contribution in [0.25, 0.3) is 0 Å². The van der Waals surface area contributed by atoms with E-state index in [9.17, 15) is 13.2 Å². The maximum absolute atomic E-state index is 13.2. The van der Waals surface area contributed by atoms with Gasteiger partial charge < -0.3 is 9.80 Å². The van der Waals surface area contributed by atoms with Gasteiger partial charge in [0.1, 0.15) is 12.2 Å². The second kappa shape index (κ2) is 10.4. The highest BCUT2D eigenvalue weighted by atomic mass is 35.5. The van der Waals surface area contributed by atoms with E-state index in [1.54, 1.807) is 7.05 Å². The normalized spacial score (nSPS) is 44.8. The van der Waals surface area contributed by atoms with E-state index < -0.39 is 12.2 Å². The van der Waals surface area contributed by atoms with Crippen LogP contribution in [0, 0.1) is 29.1 Å². The van der Waals surface area contributed by atoms with Crippen molar-refractivity contribution >= 4 is 17.6 Å². The lowest BCUT2D eigenvalue weighted by Crippen LogP contribution is -2.68. The van der Waals surface area contributed by atoms with Gasteiger partial charge in [-0.25, -0.2) is 0 Å². The van der Waals surface area contributed by atoms with Gasteiger partial charge in [0.25, 0.3) is 0 Å². The van der Waals surface area contributed by atoms with Gasteiger partial charge in [-0.05, 0) is 56.9 Å². The number of nitrogens with zero attached hydrogens (tertiary/aromatic N) is 3. The second-order valence-electron chi connectivity index (χ2n) is 12.1. The van der Waals surface area contributed by atoms with E-state index in [-0.39, 0.29) is 42.4 Å². The van der Waals surface area contributed by atoms with Crippen LogP contribution in [0.3, 0.4) is 0 Å². The molecule has 0 bridgehead atoms. The van der Waals surface area contributed by atoms with Crippen LogP contribution in [0.2, 0.25) is 0 Å². The van der Waals surface area contributed by atoms with Crippen molar-refractivity contribution in [2.45, 2.75) is 94.0 Å². The topological polar surface area (TPSA) is 69.7 Å². The average Bonchev–Trinajstić information content (AvgIpc) is 3.33. The Balaban J connectivity index is 1.19. The van der Waals surface area contributed by atoms with Crippen molar-refractivity contribution in [3.05, 3.63) is 0 Å². The molecule has 206 valence electrons. The first kappa shape index (κ1) is 26.8. The summed E-state index contributed by atoms with van der Waals surface area (Å²) in [5.41, 5.74) is 0. The SMILES string of the molecule is CC1CCCC(Cl)C1C1NCC2C(N1)N(CC1CCC(C3NC(C(F)(F)F)CN3C)CC1)C(=N)N2C. The highest BCUT2D eigenvalue weighted by Crippen LogP contribution is 2.39. The maximum Gasteiger partial charge on any atom is 0.405 e. The summed E-state index contributed by atoms with van der Waals surface area (Å²) in [6.45, 7) is 3.98. The van der Waals surface area contributed by atoms with Gasteiger partial charge in [-0.2, -0.15) is 13.2 Å². The number of alkyl halides is 4. The summed E-state index contributed by atoms with van der Waals surface area (Å²) < 4.78 is 39.7. The van der Waals surface area contributed by atoms with Crippen LogP contribution in [0.5, 0.6) is 0 Å². The van der Waals surface area contributed by atoms with Crippen LogP contribution in [-0.2, 0) is 0 Å². The Morgan fingerprint density at radius 2 is 1.75 bits per heavy atom. The van der Waals surface area contributed by atoms with Gasteiger partial charge in [0.15, 0.2) is 5.96 Å². The molecule has 4 N–H and O–H groups in total. The second-order valence-corrected chi connectivity index (χ2v) is 12.6. The molecule has 2 aliphatic carbocycles. The number of nitrogens with one attached hydrogen (secondary N) is 4. The zero-order valence-electron chi connectivity index (χ0n) is 21.7. The Hall–Kier alpha value is -0.810. The van der Waals surface area contributed by atoms with Crippen molar-refractivity contribution in [2.24, 2.45) is 23.7 Å².